The van der Waals surface area contributed by atoms with Crippen molar-refractivity contribution in [3.8, 4) is 57.1 Å². The van der Waals surface area contributed by atoms with E-state index in [2.05, 4.69) is 57.0 Å². The molecule has 0 aliphatic carbocycles. The Bertz CT molecular complexity index is 2810. The van der Waals surface area contributed by atoms with E-state index < -0.39 is 0 Å². The Morgan fingerprint density at radius 2 is 1.00 bits per heavy atom. The third-order valence-electron chi connectivity index (χ3n) is 9.09. The van der Waals surface area contributed by atoms with Crippen LogP contribution in [0.2, 0.25) is 0 Å². The van der Waals surface area contributed by atoms with Gasteiger partial charge in [0.2, 0.25) is 5.95 Å². The summed E-state index contributed by atoms with van der Waals surface area (Å²) in [7, 11) is 0. The van der Waals surface area contributed by atoms with E-state index in [0.29, 0.717) is 28.9 Å². The van der Waals surface area contributed by atoms with Crippen molar-refractivity contribution >= 4 is 32.7 Å². The molecule has 8 nitrogen and oxygen atoms in total. The number of rotatable bonds is 8. The molecule has 0 atom stereocenters. The standard InChI is InChI=1S/C46H26N6O2.2Pd/c1-2-16-43-31(9-1)21-24-51(43)34-29-49-46(50-30-34)52-44-27-37(53-35-12-7-10-32(25-35)41-14-3-5-22-47-41)17-19-39(44)40-20-18-38(28-45(40)52)54-36-13-8-11-33(26-36)42-15-4-6-23-48-42;;/h1-24,29-30H;;/q-4;2*+2. The zero-order chi connectivity index (χ0) is 35.8. The smallest absolute Gasteiger partial charge is 0.503 e. The van der Waals surface area contributed by atoms with E-state index in [-0.39, 0.29) is 40.8 Å². The van der Waals surface area contributed by atoms with Gasteiger partial charge in [-0.3, -0.25) is 0 Å². The average molecular weight is 908 g/mol. The average Bonchev–Trinajstić information content (AvgIpc) is 3.81. The van der Waals surface area contributed by atoms with Gasteiger partial charge >= 0.3 is 40.8 Å². The Balaban J connectivity index is 0.00000220. The van der Waals surface area contributed by atoms with Gasteiger partial charge in [-0.1, -0.05) is 65.6 Å². The van der Waals surface area contributed by atoms with Gasteiger partial charge in [-0.05, 0) is 41.0 Å². The van der Waals surface area contributed by atoms with Crippen LogP contribution in [0.3, 0.4) is 0 Å². The molecule has 0 spiro atoms. The molecule has 0 N–H and O–H groups in total. The van der Waals surface area contributed by atoms with Crippen LogP contribution < -0.4 is 9.47 Å². The molecule has 0 amide bonds. The Hall–Kier alpha value is -6.26. The molecular weight excluding hydrogens is 881 g/mol. The van der Waals surface area contributed by atoms with E-state index in [1.54, 1.807) is 12.4 Å². The summed E-state index contributed by atoms with van der Waals surface area (Å²) in [6.45, 7) is 0. The Kier molecular flexibility index (Phi) is 10.4. The Labute approximate surface area is 349 Å². The van der Waals surface area contributed by atoms with Gasteiger partial charge in [-0.25, -0.2) is 9.97 Å². The largest absolute Gasteiger partial charge is 2.00 e. The first-order valence-corrected chi connectivity index (χ1v) is 17.3. The molecule has 0 saturated carbocycles. The first-order valence-electron chi connectivity index (χ1n) is 17.3. The molecule has 0 fully saturated rings. The molecule has 56 heavy (non-hydrogen) atoms. The fraction of sp³-hybridized carbons (Fsp3) is 0. The number of fused-ring (bicyclic) bond motifs is 4. The number of ether oxygens (including phenoxy) is 2. The fourth-order valence-electron chi connectivity index (χ4n) is 6.60. The van der Waals surface area contributed by atoms with Crippen LogP contribution in [0.5, 0.6) is 23.0 Å². The summed E-state index contributed by atoms with van der Waals surface area (Å²) in [6.07, 6.45) is 9.19. The fourth-order valence-corrected chi connectivity index (χ4v) is 6.60. The first kappa shape index (κ1) is 36.7. The molecule has 0 aliphatic rings. The van der Waals surface area contributed by atoms with Gasteiger partial charge in [0.25, 0.3) is 0 Å². The number of benzene rings is 5. The summed E-state index contributed by atoms with van der Waals surface area (Å²) in [5.74, 6) is 2.55. The number of para-hydroxylation sites is 1. The topological polar surface area (TPSA) is 79.9 Å². The zero-order valence-corrected chi connectivity index (χ0v) is 32.3. The molecule has 5 aromatic heterocycles. The summed E-state index contributed by atoms with van der Waals surface area (Å²) in [5.41, 5.74) is 6.64. The summed E-state index contributed by atoms with van der Waals surface area (Å²) >= 11 is 0. The van der Waals surface area contributed by atoms with E-state index in [1.165, 1.54) is 0 Å². The van der Waals surface area contributed by atoms with Crippen molar-refractivity contribution < 1.29 is 50.3 Å². The van der Waals surface area contributed by atoms with Crippen LogP contribution in [-0.4, -0.2) is 29.1 Å². The predicted octanol–water partition coefficient (Wildman–Crippen LogP) is 10.4. The molecule has 10 rings (SSSR count). The number of hydrogen-bond donors (Lipinski definition) is 0. The second-order valence-corrected chi connectivity index (χ2v) is 12.5. The maximum absolute atomic E-state index is 6.35. The molecule has 0 saturated heterocycles. The van der Waals surface area contributed by atoms with Crippen LogP contribution in [0, 0.1) is 24.3 Å². The molecule has 0 radical (unpaired) electrons. The van der Waals surface area contributed by atoms with Gasteiger partial charge in [0.15, 0.2) is 0 Å². The van der Waals surface area contributed by atoms with Crippen molar-refractivity contribution in [2.45, 2.75) is 0 Å². The van der Waals surface area contributed by atoms with E-state index in [4.69, 9.17) is 19.4 Å². The van der Waals surface area contributed by atoms with Crippen LogP contribution in [0.15, 0.2) is 158 Å². The van der Waals surface area contributed by atoms with Crippen molar-refractivity contribution in [1.82, 2.24) is 29.1 Å². The Morgan fingerprint density at radius 3 is 1.55 bits per heavy atom. The SMILES string of the molecule is [Pd+2].[Pd+2].[c-]1c(Oc2[c-]c3c(cc2)c2ccc(Oc4[c-]c(-c5ccccn5)ccc4)[c-]c2n3-c2ncc(-n3ccc4ccccc43)cn2)cccc1-c1ccccn1. The molecule has 5 heterocycles. The summed E-state index contributed by atoms with van der Waals surface area (Å²) in [4.78, 5) is 18.7. The maximum atomic E-state index is 6.35. The quantitative estimate of drug-likeness (QED) is 0.112. The normalized spacial score (nSPS) is 10.9. The molecule has 0 aliphatic heterocycles. The van der Waals surface area contributed by atoms with Crippen LogP contribution in [-0.2, 0) is 40.8 Å². The second-order valence-electron chi connectivity index (χ2n) is 12.5. The van der Waals surface area contributed by atoms with Gasteiger partial charge in [0.1, 0.15) is 0 Å². The molecule has 10 aromatic rings. The van der Waals surface area contributed by atoms with E-state index in [0.717, 1.165) is 60.9 Å². The van der Waals surface area contributed by atoms with Gasteiger partial charge in [-0.2, -0.15) is 22.9 Å². The van der Waals surface area contributed by atoms with Crippen molar-refractivity contribution in [2.75, 3.05) is 0 Å². The van der Waals surface area contributed by atoms with E-state index in [1.807, 2.05) is 132 Å². The maximum Gasteiger partial charge on any atom is 2.00 e. The van der Waals surface area contributed by atoms with Crippen LogP contribution in [0.4, 0.5) is 0 Å². The van der Waals surface area contributed by atoms with Crippen molar-refractivity contribution in [3.05, 3.63) is 183 Å². The number of hydrogen-bond acceptors (Lipinski definition) is 6. The predicted molar refractivity (Wildman–Crippen MR) is 208 cm³/mol. The molecule has 0 unspecified atom stereocenters. The molecule has 0 bridgehead atoms. The summed E-state index contributed by atoms with van der Waals surface area (Å²) in [5, 5.41) is 3.00. The minimum atomic E-state index is 0. The second kappa shape index (κ2) is 15.8. The van der Waals surface area contributed by atoms with Crippen molar-refractivity contribution in [3.63, 3.8) is 0 Å². The number of aromatic nitrogens is 6. The van der Waals surface area contributed by atoms with Crippen molar-refractivity contribution in [1.29, 1.82) is 0 Å². The van der Waals surface area contributed by atoms with Crippen LogP contribution >= 0.6 is 0 Å². The monoisotopic (exact) mass is 906 g/mol. The molecule has 5 aromatic carbocycles. The summed E-state index contributed by atoms with van der Waals surface area (Å²) < 4.78 is 16.7. The minimum Gasteiger partial charge on any atom is -0.503 e. The van der Waals surface area contributed by atoms with Crippen LogP contribution in [0.1, 0.15) is 0 Å². The van der Waals surface area contributed by atoms with Crippen molar-refractivity contribution in [2.24, 2.45) is 0 Å². The van der Waals surface area contributed by atoms with Gasteiger partial charge < -0.3 is 28.6 Å². The number of nitrogens with zero attached hydrogens (tertiary/aromatic N) is 6. The third kappa shape index (κ3) is 7.04. The van der Waals surface area contributed by atoms with Crippen LogP contribution in [0.25, 0.3) is 66.9 Å². The minimum absolute atomic E-state index is 0. The van der Waals surface area contributed by atoms with Gasteiger partial charge in [0, 0.05) is 41.6 Å². The first-order chi connectivity index (χ1) is 26.7. The van der Waals surface area contributed by atoms with E-state index >= 15 is 0 Å². The third-order valence-corrected chi connectivity index (χ3v) is 9.09. The van der Waals surface area contributed by atoms with E-state index in [9.17, 15) is 0 Å². The Morgan fingerprint density at radius 1 is 0.464 bits per heavy atom. The zero-order valence-electron chi connectivity index (χ0n) is 29.1. The number of pyridine rings is 2. The molecular formula is C46H26N6O2Pd2. The van der Waals surface area contributed by atoms with Gasteiger partial charge in [0.05, 0.1) is 23.6 Å². The molecule has 272 valence electrons. The van der Waals surface area contributed by atoms with Gasteiger partial charge in [-0.15, -0.1) is 71.8 Å². The molecule has 10 heteroatoms. The summed E-state index contributed by atoms with van der Waals surface area (Å²) in [6, 6.07) is 54.9.